The molecule has 2 unspecified atom stereocenters. The van der Waals surface area contributed by atoms with E-state index in [1.165, 1.54) is 12.1 Å². The van der Waals surface area contributed by atoms with Gasteiger partial charge in [-0.3, -0.25) is 0 Å². The second-order valence-corrected chi connectivity index (χ2v) is 6.85. The van der Waals surface area contributed by atoms with E-state index in [-0.39, 0.29) is 11.9 Å². The van der Waals surface area contributed by atoms with Crippen LogP contribution in [-0.2, 0) is 0 Å². The lowest BCUT2D eigenvalue weighted by molar-refractivity contribution is 0.160. The van der Waals surface area contributed by atoms with Crippen LogP contribution < -0.4 is 5.32 Å². The highest BCUT2D eigenvalue weighted by atomic mass is 35.5. The Morgan fingerprint density at radius 3 is 2.15 bits per heavy atom. The summed E-state index contributed by atoms with van der Waals surface area (Å²) in [7, 11) is 0. The van der Waals surface area contributed by atoms with Crippen LogP contribution in [0.25, 0.3) is 0 Å². The van der Waals surface area contributed by atoms with E-state index in [0.717, 1.165) is 11.3 Å². The SMILES string of the molecule is OC(CC(Nc1ccccc1)c1ccc(Cl)c(Cl)c1)c1ccc(F)cc1. The van der Waals surface area contributed by atoms with Crippen LogP contribution >= 0.6 is 23.2 Å². The Balaban J connectivity index is 1.86. The Kier molecular flexibility index (Phi) is 6.15. The Bertz CT molecular complexity index is 856. The van der Waals surface area contributed by atoms with Gasteiger partial charge < -0.3 is 10.4 Å². The van der Waals surface area contributed by atoms with Gasteiger partial charge in [-0.25, -0.2) is 4.39 Å². The zero-order valence-electron chi connectivity index (χ0n) is 13.9. The summed E-state index contributed by atoms with van der Waals surface area (Å²) in [5.74, 6) is -0.329. The lowest BCUT2D eigenvalue weighted by atomic mass is 9.96. The second-order valence-electron chi connectivity index (χ2n) is 6.04. The van der Waals surface area contributed by atoms with Crippen LogP contribution in [0.3, 0.4) is 0 Å². The van der Waals surface area contributed by atoms with E-state index in [0.29, 0.717) is 22.0 Å². The van der Waals surface area contributed by atoms with Gasteiger partial charge in [0.15, 0.2) is 0 Å². The predicted octanol–water partition coefficient (Wildman–Crippen LogP) is 6.41. The molecule has 134 valence electrons. The summed E-state index contributed by atoms with van der Waals surface area (Å²) in [6, 6.07) is 20.8. The first kappa shape index (κ1) is 18.7. The van der Waals surface area contributed by atoms with Gasteiger partial charge in [0.1, 0.15) is 5.82 Å². The van der Waals surface area contributed by atoms with Gasteiger partial charge in [0.2, 0.25) is 0 Å². The quantitative estimate of drug-likeness (QED) is 0.510. The molecule has 0 aromatic heterocycles. The van der Waals surface area contributed by atoms with Crippen LogP contribution in [-0.4, -0.2) is 5.11 Å². The van der Waals surface area contributed by atoms with Gasteiger partial charge in [-0.15, -0.1) is 0 Å². The standard InChI is InChI=1S/C21H18Cl2FNO/c22-18-11-8-15(12-19(18)23)20(25-17-4-2-1-3-5-17)13-21(26)14-6-9-16(24)10-7-14/h1-12,20-21,25-26H,13H2. The maximum absolute atomic E-state index is 13.1. The lowest BCUT2D eigenvalue weighted by Crippen LogP contribution is -2.15. The van der Waals surface area contributed by atoms with E-state index in [4.69, 9.17) is 23.2 Å². The van der Waals surface area contributed by atoms with Crippen LogP contribution in [0.1, 0.15) is 29.7 Å². The molecule has 0 amide bonds. The topological polar surface area (TPSA) is 32.3 Å². The van der Waals surface area contributed by atoms with Crippen molar-refractivity contribution in [2.75, 3.05) is 5.32 Å². The molecule has 3 aromatic carbocycles. The summed E-state index contributed by atoms with van der Waals surface area (Å²) in [5.41, 5.74) is 2.49. The summed E-state index contributed by atoms with van der Waals surface area (Å²) >= 11 is 12.2. The number of nitrogens with one attached hydrogen (secondary N) is 1. The van der Waals surface area contributed by atoms with Crippen LogP contribution in [0.5, 0.6) is 0 Å². The van der Waals surface area contributed by atoms with Gasteiger partial charge >= 0.3 is 0 Å². The molecule has 0 spiro atoms. The van der Waals surface area contributed by atoms with Crippen molar-refractivity contribution in [1.82, 2.24) is 0 Å². The number of rotatable bonds is 6. The molecule has 3 aromatic rings. The smallest absolute Gasteiger partial charge is 0.123 e. The molecular formula is C21H18Cl2FNO. The highest BCUT2D eigenvalue weighted by molar-refractivity contribution is 6.42. The molecule has 3 rings (SSSR count). The first-order valence-corrected chi connectivity index (χ1v) is 8.98. The fraction of sp³-hybridized carbons (Fsp3) is 0.143. The summed E-state index contributed by atoms with van der Waals surface area (Å²) in [6.45, 7) is 0. The lowest BCUT2D eigenvalue weighted by Gasteiger charge is -2.24. The maximum atomic E-state index is 13.1. The molecule has 0 saturated carbocycles. The molecule has 26 heavy (non-hydrogen) atoms. The number of aliphatic hydroxyl groups excluding tert-OH is 1. The third-order valence-electron chi connectivity index (χ3n) is 4.17. The highest BCUT2D eigenvalue weighted by Crippen LogP contribution is 2.33. The van der Waals surface area contributed by atoms with Gasteiger partial charge in [-0.2, -0.15) is 0 Å². The minimum Gasteiger partial charge on any atom is -0.388 e. The number of benzene rings is 3. The normalized spacial score (nSPS) is 13.2. The second kappa shape index (κ2) is 8.54. The third kappa shape index (κ3) is 4.76. The van der Waals surface area contributed by atoms with Gasteiger partial charge in [-0.1, -0.05) is 59.6 Å². The minimum absolute atomic E-state index is 0.202. The Labute approximate surface area is 162 Å². The number of halogens is 3. The molecule has 2 atom stereocenters. The van der Waals surface area contributed by atoms with E-state index in [9.17, 15) is 9.50 Å². The number of para-hydroxylation sites is 1. The van der Waals surface area contributed by atoms with Gasteiger partial charge in [-0.05, 0) is 47.5 Å². The van der Waals surface area contributed by atoms with Crippen molar-refractivity contribution >= 4 is 28.9 Å². The van der Waals surface area contributed by atoms with Crippen LogP contribution in [0.2, 0.25) is 10.0 Å². The van der Waals surface area contributed by atoms with E-state index in [1.807, 2.05) is 36.4 Å². The number of hydrogen-bond donors (Lipinski definition) is 2. The monoisotopic (exact) mass is 389 g/mol. The van der Waals surface area contributed by atoms with Crippen LogP contribution in [0, 0.1) is 5.82 Å². The number of hydrogen-bond acceptors (Lipinski definition) is 2. The largest absolute Gasteiger partial charge is 0.388 e. The van der Waals surface area contributed by atoms with E-state index < -0.39 is 6.10 Å². The molecule has 0 aliphatic rings. The minimum atomic E-state index is -0.758. The van der Waals surface area contributed by atoms with Crippen molar-refractivity contribution < 1.29 is 9.50 Å². The van der Waals surface area contributed by atoms with Gasteiger partial charge in [0.25, 0.3) is 0 Å². The zero-order valence-corrected chi connectivity index (χ0v) is 15.4. The van der Waals surface area contributed by atoms with Crippen molar-refractivity contribution in [2.24, 2.45) is 0 Å². The molecule has 0 radical (unpaired) electrons. The maximum Gasteiger partial charge on any atom is 0.123 e. The van der Waals surface area contributed by atoms with Gasteiger partial charge in [0, 0.05) is 12.1 Å². The summed E-state index contributed by atoms with van der Waals surface area (Å²) in [4.78, 5) is 0. The average molecular weight is 390 g/mol. The van der Waals surface area contributed by atoms with Crippen molar-refractivity contribution in [2.45, 2.75) is 18.6 Å². The van der Waals surface area contributed by atoms with E-state index in [2.05, 4.69) is 5.32 Å². The van der Waals surface area contributed by atoms with Crippen LogP contribution in [0.15, 0.2) is 72.8 Å². The Morgan fingerprint density at radius 2 is 1.50 bits per heavy atom. The molecule has 0 aliphatic heterocycles. The van der Waals surface area contributed by atoms with E-state index in [1.54, 1.807) is 24.3 Å². The molecule has 0 aliphatic carbocycles. The molecule has 5 heteroatoms. The highest BCUT2D eigenvalue weighted by Gasteiger charge is 2.19. The van der Waals surface area contributed by atoms with Crippen molar-refractivity contribution in [1.29, 1.82) is 0 Å². The summed E-state index contributed by atoms with van der Waals surface area (Å²) < 4.78 is 13.1. The predicted molar refractivity (Wildman–Crippen MR) is 105 cm³/mol. The molecule has 2 N–H and O–H groups in total. The summed E-state index contributed by atoms with van der Waals surface area (Å²) in [5, 5.41) is 15.0. The van der Waals surface area contributed by atoms with Crippen LogP contribution in [0.4, 0.5) is 10.1 Å². The summed E-state index contributed by atoms with van der Waals surface area (Å²) in [6.07, 6.45) is -0.371. The van der Waals surface area contributed by atoms with Crippen molar-refractivity contribution in [3.8, 4) is 0 Å². The Morgan fingerprint density at radius 1 is 0.846 bits per heavy atom. The molecule has 0 fully saturated rings. The average Bonchev–Trinajstić information content (AvgIpc) is 2.65. The molecule has 0 bridgehead atoms. The molecule has 2 nitrogen and oxygen atoms in total. The number of anilines is 1. The first-order chi connectivity index (χ1) is 12.5. The zero-order chi connectivity index (χ0) is 18.5. The van der Waals surface area contributed by atoms with Crippen molar-refractivity contribution in [3.63, 3.8) is 0 Å². The van der Waals surface area contributed by atoms with Crippen molar-refractivity contribution in [3.05, 3.63) is 99.8 Å². The first-order valence-electron chi connectivity index (χ1n) is 8.23. The third-order valence-corrected chi connectivity index (χ3v) is 4.91. The fourth-order valence-corrected chi connectivity index (χ4v) is 3.09. The van der Waals surface area contributed by atoms with Gasteiger partial charge in [0.05, 0.1) is 22.2 Å². The fourth-order valence-electron chi connectivity index (χ4n) is 2.79. The molecular weight excluding hydrogens is 372 g/mol. The van der Waals surface area contributed by atoms with E-state index >= 15 is 0 Å². The number of aliphatic hydroxyl groups is 1. The molecule has 0 heterocycles. The molecule has 0 saturated heterocycles. The Hall–Kier alpha value is -2.07.